The van der Waals surface area contributed by atoms with Crippen molar-refractivity contribution in [3.05, 3.63) is 134 Å². The second-order valence-electron chi connectivity index (χ2n) is 9.58. The predicted molar refractivity (Wildman–Crippen MR) is 152 cm³/mol. The van der Waals surface area contributed by atoms with Gasteiger partial charge in [-0.15, -0.1) is 11.3 Å². The molecule has 0 aliphatic carbocycles. The van der Waals surface area contributed by atoms with Gasteiger partial charge in [-0.1, -0.05) is 72.3 Å². The first kappa shape index (κ1) is 24.6. The van der Waals surface area contributed by atoms with Crippen molar-refractivity contribution in [2.75, 3.05) is 11.9 Å². The van der Waals surface area contributed by atoms with Gasteiger partial charge in [0, 0.05) is 17.8 Å². The number of anilines is 1. The lowest BCUT2D eigenvalue weighted by molar-refractivity contribution is -0.133. The molecule has 0 spiro atoms. The van der Waals surface area contributed by atoms with Crippen LogP contribution >= 0.6 is 11.3 Å². The van der Waals surface area contributed by atoms with Crippen LogP contribution in [0.25, 0.3) is 11.8 Å². The van der Waals surface area contributed by atoms with Gasteiger partial charge in [-0.3, -0.25) is 9.59 Å². The maximum Gasteiger partial charge on any atom is 0.337 e. The van der Waals surface area contributed by atoms with Crippen molar-refractivity contribution in [3.63, 3.8) is 0 Å². The third-order valence-corrected chi connectivity index (χ3v) is 8.18. The first-order chi connectivity index (χ1) is 18.9. The number of thiophene rings is 1. The highest BCUT2D eigenvalue weighted by Gasteiger charge is 2.50. The summed E-state index contributed by atoms with van der Waals surface area (Å²) in [6, 6.07) is 25.4. The van der Waals surface area contributed by atoms with Crippen LogP contribution in [0.15, 0.2) is 102 Å². The van der Waals surface area contributed by atoms with Gasteiger partial charge in [-0.25, -0.2) is 4.79 Å². The Morgan fingerprint density at radius 1 is 0.949 bits per heavy atom. The van der Waals surface area contributed by atoms with Crippen LogP contribution in [-0.4, -0.2) is 34.3 Å². The topological polar surface area (TPSA) is 86.7 Å². The Labute approximate surface area is 228 Å². The summed E-state index contributed by atoms with van der Waals surface area (Å²) >= 11 is 1.41. The van der Waals surface area contributed by atoms with Crippen molar-refractivity contribution in [1.29, 1.82) is 0 Å². The minimum absolute atomic E-state index is 0.0520. The molecule has 2 N–H and O–H groups in total. The highest BCUT2D eigenvalue weighted by molar-refractivity contribution is 7.07. The van der Waals surface area contributed by atoms with Gasteiger partial charge in [0.25, 0.3) is 5.91 Å². The van der Waals surface area contributed by atoms with E-state index in [1.165, 1.54) is 11.3 Å². The number of aliphatic carboxylic acids is 1. The maximum absolute atomic E-state index is 14.7. The molecule has 4 aromatic rings. The summed E-state index contributed by atoms with van der Waals surface area (Å²) in [7, 11) is 0. The summed E-state index contributed by atoms with van der Waals surface area (Å²) in [5, 5.41) is 16.3. The average Bonchev–Trinajstić information content (AvgIpc) is 3.44. The molecule has 0 saturated carbocycles. The number of hydrogen-bond acceptors (Lipinski definition) is 4. The molecular formula is C32H24N2O4S. The Balaban J connectivity index is 1.64. The third-order valence-electron chi connectivity index (χ3n) is 7.25. The first-order valence-corrected chi connectivity index (χ1v) is 13.4. The van der Waals surface area contributed by atoms with Crippen molar-refractivity contribution in [3.8, 4) is 0 Å². The molecule has 39 heavy (non-hydrogen) atoms. The van der Waals surface area contributed by atoms with Crippen molar-refractivity contribution in [1.82, 2.24) is 4.90 Å². The predicted octanol–water partition coefficient (Wildman–Crippen LogP) is 4.05. The molecule has 2 amide bonds. The molecule has 2 aliphatic rings. The summed E-state index contributed by atoms with van der Waals surface area (Å²) in [4.78, 5) is 42.3. The van der Waals surface area contributed by atoms with Gasteiger partial charge in [0.1, 0.15) is 5.41 Å². The fraction of sp³-hybridized carbons (Fsp3) is 0.0938. The summed E-state index contributed by atoms with van der Waals surface area (Å²) in [6.07, 6.45) is 3.51. The van der Waals surface area contributed by atoms with Crippen molar-refractivity contribution in [2.24, 2.45) is 0 Å². The molecule has 6 nitrogen and oxygen atoms in total. The van der Waals surface area contributed by atoms with Crippen LogP contribution in [0, 0.1) is 6.92 Å². The monoisotopic (exact) mass is 532 g/mol. The number of nitrogens with zero attached hydrogens (tertiary/aromatic N) is 1. The number of carbonyl (C=O) groups is 3. The molecule has 0 fully saturated rings. The van der Waals surface area contributed by atoms with Crippen LogP contribution in [0.3, 0.4) is 0 Å². The molecule has 192 valence electrons. The van der Waals surface area contributed by atoms with Gasteiger partial charge in [0.15, 0.2) is 0 Å². The van der Waals surface area contributed by atoms with Gasteiger partial charge in [0.2, 0.25) is 5.91 Å². The first-order valence-electron chi connectivity index (χ1n) is 12.5. The van der Waals surface area contributed by atoms with Gasteiger partial charge in [-0.05, 0) is 59.0 Å². The van der Waals surface area contributed by atoms with E-state index < -0.39 is 11.4 Å². The zero-order chi connectivity index (χ0) is 27.1. The van der Waals surface area contributed by atoms with E-state index in [1.54, 1.807) is 59.5 Å². The zero-order valence-corrected chi connectivity index (χ0v) is 21.9. The zero-order valence-electron chi connectivity index (χ0n) is 21.0. The number of fused-ring (bicyclic) bond motifs is 2. The number of para-hydroxylation sites is 1. The van der Waals surface area contributed by atoms with Gasteiger partial charge >= 0.3 is 5.97 Å². The highest BCUT2D eigenvalue weighted by Crippen LogP contribution is 2.46. The molecule has 2 aliphatic heterocycles. The quantitative estimate of drug-likeness (QED) is 0.406. The van der Waals surface area contributed by atoms with E-state index in [0.717, 1.165) is 15.3 Å². The Kier molecular flexibility index (Phi) is 6.00. The number of hydrogen-bond donors (Lipinski definition) is 2. The normalized spacial score (nSPS) is 18.0. The molecule has 3 aromatic carbocycles. The summed E-state index contributed by atoms with van der Waals surface area (Å²) in [5.41, 5.74) is 2.00. The number of aryl methyl sites for hydroxylation is 1. The smallest absolute Gasteiger partial charge is 0.337 e. The number of amides is 2. The van der Waals surface area contributed by atoms with Gasteiger partial charge in [0.05, 0.1) is 15.8 Å². The molecule has 1 unspecified atom stereocenters. The second kappa shape index (κ2) is 9.53. The second-order valence-corrected chi connectivity index (χ2v) is 10.5. The van der Waals surface area contributed by atoms with E-state index in [0.29, 0.717) is 28.1 Å². The molecule has 7 heteroatoms. The molecule has 1 aromatic heterocycles. The van der Waals surface area contributed by atoms with Crippen molar-refractivity contribution >= 4 is 46.6 Å². The van der Waals surface area contributed by atoms with Gasteiger partial charge < -0.3 is 15.3 Å². The number of carboxylic acid groups (broad SMARTS) is 1. The lowest BCUT2D eigenvalue weighted by Crippen LogP contribution is -2.54. The summed E-state index contributed by atoms with van der Waals surface area (Å²) < 4.78 is 0.756. The molecule has 1 atom stereocenters. The Morgan fingerprint density at radius 2 is 1.67 bits per heavy atom. The SMILES string of the molecule is Cc1ccc(C2(c3ccccc3NC(=O)c3ccccc3)C=C(C(=O)O)C3=c4sccc4=CCN3C2=O)cc1. The van der Waals surface area contributed by atoms with Crippen LogP contribution in [0.2, 0.25) is 0 Å². The van der Waals surface area contributed by atoms with E-state index in [1.807, 2.05) is 54.8 Å². The van der Waals surface area contributed by atoms with Crippen LogP contribution in [-0.2, 0) is 15.0 Å². The average molecular weight is 533 g/mol. The van der Waals surface area contributed by atoms with E-state index in [9.17, 15) is 19.5 Å². The van der Waals surface area contributed by atoms with Gasteiger partial charge in [-0.2, -0.15) is 0 Å². The number of benzene rings is 3. The molecule has 0 bridgehead atoms. The molecule has 0 saturated heterocycles. The van der Waals surface area contributed by atoms with E-state index >= 15 is 0 Å². The standard InChI is InChI=1S/C32H24N2O4S/c1-20-11-13-23(14-12-20)32(25-9-5-6-10-26(25)33-29(35)22-7-3-2-4-8-22)19-24(30(36)37)27-28-21(16-18-39-28)15-17-34(27)31(32)38/h2-16,18-19H,17H2,1H3,(H,33,35)(H,36,37). The molecular weight excluding hydrogens is 508 g/mol. The Morgan fingerprint density at radius 3 is 2.41 bits per heavy atom. The fourth-order valence-electron chi connectivity index (χ4n) is 5.34. The van der Waals surface area contributed by atoms with Crippen LogP contribution in [0.5, 0.6) is 0 Å². The summed E-state index contributed by atoms with van der Waals surface area (Å²) in [5.74, 6) is -1.72. The largest absolute Gasteiger partial charge is 0.478 e. The minimum atomic E-state index is -1.49. The fourth-order valence-corrected chi connectivity index (χ4v) is 6.31. The lowest BCUT2D eigenvalue weighted by Gasteiger charge is -2.42. The Bertz CT molecular complexity index is 1790. The summed E-state index contributed by atoms with van der Waals surface area (Å²) in [6.45, 7) is 2.20. The van der Waals surface area contributed by atoms with E-state index in [2.05, 4.69) is 5.32 Å². The minimum Gasteiger partial charge on any atom is -0.478 e. The number of carboxylic acids is 1. The maximum atomic E-state index is 14.7. The third kappa shape index (κ3) is 3.99. The lowest BCUT2D eigenvalue weighted by atomic mass is 9.69. The Hall–Kier alpha value is -4.75. The van der Waals surface area contributed by atoms with Crippen molar-refractivity contribution < 1.29 is 19.5 Å². The number of nitrogens with one attached hydrogen (secondary N) is 1. The van der Waals surface area contributed by atoms with Crippen LogP contribution < -0.4 is 15.1 Å². The molecule has 6 rings (SSSR count). The van der Waals surface area contributed by atoms with Crippen LogP contribution in [0.4, 0.5) is 5.69 Å². The number of rotatable bonds is 5. The van der Waals surface area contributed by atoms with E-state index in [4.69, 9.17) is 0 Å². The highest BCUT2D eigenvalue weighted by atomic mass is 32.1. The molecule has 3 heterocycles. The van der Waals surface area contributed by atoms with Crippen molar-refractivity contribution in [2.45, 2.75) is 12.3 Å². The number of carbonyl (C=O) groups excluding carboxylic acids is 2. The molecule has 0 radical (unpaired) electrons. The van der Waals surface area contributed by atoms with E-state index in [-0.39, 0.29) is 23.9 Å². The van der Waals surface area contributed by atoms with Crippen LogP contribution in [0.1, 0.15) is 27.0 Å².